The predicted molar refractivity (Wildman–Crippen MR) is 77.1 cm³/mol. The highest BCUT2D eigenvalue weighted by atomic mass is 16.6. The monoisotopic (exact) mass is 280 g/mol. The molecule has 0 radical (unpaired) electrons. The summed E-state index contributed by atoms with van der Waals surface area (Å²) in [6.07, 6.45) is 10.6. The van der Waals surface area contributed by atoms with Gasteiger partial charge >= 0.3 is 11.9 Å². The van der Waals surface area contributed by atoms with Crippen LogP contribution in [0.5, 0.6) is 0 Å². The van der Waals surface area contributed by atoms with E-state index in [-0.39, 0.29) is 37.0 Å². The Kier molecular flexibility index (Phi) is 7.70. The van der Waals surface area contributed by atoms with Gasteiger partial charge in [0.25, 0.3) is 0 Å². The first-order valence-electron chi connectivity index (χ1n) is 7.28. The van der Waals surface area contributed by atoms with Gasteiger partial charge in [0, 0.05) is 0 Å². The molecular formula is C16H24O4. The molecule has 0 aromatic heterocycles. The summed E-state index contributed by atoms with van der Waals surface area (Å²) in [5, 5.41) is 0. The maximum Gasteiger partial charge on any atom is 0.310 e. The van der Waals surface area contributed by atoms with Crippen molar-refractivity contribution in [3.8, 4) is 0 Å². The molecule has 0 amide bonds. The van der Waals surface area contributed by atoms with Crippen molar-refractivity contribution in [3.05, 3.63) is 24.3 Å². The number of hydrogen-bond acceptors (Lipinski definition) is 4. The van der Waals surface area contributed by atoms with Gasteiger partial charge in [-0.15, -0.1) is 0 Å². The van der Waals surface area contributed by atoms with Gasteiger partial charge in [-0.3, -0.25) is 9.59 Å². The second-order valence-electron chi connectivity index (χ2n) is 4.89. The highest BCUT2D eigenvalue weighted by Crippen LogP contribution is 2.24. The number of carbonyl (C=O) groups excluding carboxylic acids is 2. The molecule has 1 aliphatic carbocycles. The summed E-state index contributed by atoms with van der Waals surface area (Å²) in [6, 6.07) is 0. The lowest BCUT2D eigenvalue weighted by atomic mass is 9.94. The van der Waals surface area contributed by atoms with Crippen LogP contribution < -0.4 is 0 Å². The van der Waals surface area contributed by atoms with E-state index in [4.69, 9.17) is 9.47 Å². The summed E-state index contributed by atoms with van der Waals surface area (Å²) in [5.41, 5.74) is 0. The Morgan fingerprint density at radius 3 is 1.65 bits per heavy atom. The minimum atomic E-state index is -0.295. The highest BCUT2D eigenvalue weighted by molar-refractivity contribution is 5.72. The van der Waals surface area contributed by atoms with Crippen molar-refractivity contribution in [3.63, 3.8) is 0 Å². The second kappa shape index (κ2) is 9.34. The first-order chi connectivity index (χ1) is 9.67. The molecule has 2 unspecified atom stereocenters. The molecule has 1 rings (SSSR count). The van der Waals surface area contributed by atoms with Gasteiger partial charge in [0.1, 0.15) is 12.2 Å². The largest absolute Gasteiger partial charge is 0.458 e. The summed E-state index contributed by atoms with van der Waals surface area (Å²) in [5.74, 6) is -0.519. The van der Waals surface area contributed by atoms with Crippen LogP contribution in [0.4, 0.5) is 0 Å². The molecule has 1 aliphatic rings. The maximum absolute atomic E-state index is 11.6. The van der Waals surface area contributed by atoms with Gasteiger partial charge in [0.05, 0.1) is 12.8 Å². The number of ether oxygens (including phenoxy) is 2. The molecule has 0 spiro atoms. The van der Waals surface area contributed by atoms with Crippen LogP contribution in [0.1, 0.15) is 52.4 Å². The Balaban J connectivity index is 2.49. The maximum atomic E-state index is 11.6. The van der Waals surface area contributed by atoms with Gasteiger partial charge in [0.15, 0.2) is 0 Å². The van der Waals surface area contributed by atoms with E-state index >= 15 is 0 Å². The second-order valence-corrected chi connectivity index (χ2v) is 4.89. The van der Waals surface area contributed by atoms with Crippen LogP contribution >= 0.6 is 0 Å². The SMILES string of the molecule is C/C=C/CC(=O)OC1CCCCC1OC(=O)C/C=C/C. The zero-order valence-corrected chi connectivity index (χ0v) is 12.3. The first kappa shape index (κ1) is 16.5. The van der Waals surface area contributed by atoms with Crippen molar-refractivity contribution < 1.29 is 19.1 Å². The van der Waals surface area contributed by atoms with Crippen LogP contribution in [0.25, 0.3) is 0 Å². The smallest absolute Gasteiger partial charge is 0.310 e. The third kappa shape index (κ3) is 6.04. The summed E-state index contributed by atoms with van der Waals surface area (Å²) in [6.45, 7) is 3.72. The van der Waals surface area contributed by atoms with E-state index in [9.17, 15) is 9.59 Å². The van der Waals surface area contributed by atoms with Crippen molar-refractivity contribution in [1.29, 1.82) is 0 Å². The lowest BCUT2D eigenvalue weighted by molar-refractivity contribution is -0.170. The molecule has 4 heteroatoms. The molecule has 20 heavy (non-hydrogen) atoms. The Bertz CT molecular complexity index is 335. The van der Waals surface area contributed by atoms with E-state index in [1.54, 1.807) is 12.2 Å². The molecule has 0 N–H and O–H groups in total. The fourth-order valence-corrected chi connectivity index (χ4v) is 2.19. The minimum absolute atomic E-state index is 0.260. The van der Waals surface area contributed by atoms with E-state index < -0.39 is 0 Å². The minimum Gasteiger partial charge on any atom is -0.458 e. The summed E-state index contributed by atoms with van der Waals surface area (Å²) in [7, 11) is 0. The summed E-state index contributed by atoms with van der Waals surface area (Å²) >= 11 is 0. The molecule has 2 atom stereocenters. The van der Waals surface area contributed by atoms with Crippen LogP contribution in [-0.2, 0) is 19.1 Å². The zero-order valence-electron chi connectivity index (χ0n) is 12.3. The number of allylic oxidation sites excluding steroid dienone is 2. The third-order valence-corrected chi connectivity index (χ3v) is 3.25. The average Bonchev–Trinajstić information content (AvgIpc) is 2.45. The molecule has 0 aromatic rings. The van der Waals surface area contributed by atoms with Crippen molar-refractivity contribution in [1.82, 2.24) is 0 Å². The molecule has 1 fully saturated rings. The lowest BCUT2D eigenvalue weighted by Crippen LogP contribution is -2.37. The normalized spacial score (nSPS) is 23.1. The van der Waals surface area contributed by atoms with Crippen LogP contribution in [0, 0.1) is 0 Å². The van der Waals surface area contributed by atoms with Gasteiger partial charge in [-0.1, -0.05) is 24.3 Å². The summed E-state index contributed by atoms with van der Waals surface area (Å²) < 4.78 is 10.9. The molecule has 0 heterocycles. The van der Waals surface area contributed by atoms with E-state index in [0.717, 1.165) is 25.7 Å². The standard InChI is InChI=1S/C16H24O4/c1-3-5-11-15(17)19-13-9-7-8-10-14(13)20-16(18)12-6-4-2/h3-6,13-14H,7-12H2,1-2H3/b5-3+,6-4+. The van der Waals surface area contributed by atoms with E-state index in [1.165, 1.54) is 0 Å². The molecule has 0 aromatic carbocycles. The van der Waals surface area contributed by atoms with Crippen molar-refractivity contribution in [2.45, 2.75) is 64.6 Å². The van der Waals surface area contributed by atoms with Crippen molar-refractivity contribution >= 4 is 11.9 Å². The molecule has 1 saturated carbocycles. The molecule has 0 saturated heterocycles. The van der Waals surface area contributed by atoms with Crippen LogP contribution in [0.2, 0.25) is 0 Å². The Morgan fingerprint density at radius 2 is 1.30 bits per heavy atom. The third-order valence-electron chi connectivity index (χ3n) is 3.25. The molecule has 0 aliphatic heterocycles. The van der Waals surface area contributed by atoms with Gasteiger partial charge in [-0.25, -0.2) is 0 Å². The number of esters is 2. The fourth-order valence-electron chi connectivity index (χ4n) is 2.19. The molecule has 0 bridgehead atoms. The first-order valence-corrected chi connectivity index (χ1v) is 7.28. The van der Waals surface area contributed by atoms with Crippen molar-refractivity contribution in [2.24, 2.45) is 0 Å². The average molecular weight is 280 g/mol. The van der Waals surface area contributed by atoms with E-state index in [0.29, 0.717) is 0 Å². The lowest BCUT2D eigenvalue weighted by Gasteiger charge is -2.30. The van der Waals surface area contributed by atoms with Gasteiger partial charge in [-0.2, -0.15) is 0 Å². The Morgan fingerprint density at radius 1 is 0.900 bits per heavy atom. The van der Waals surface area contributed by atoms with Crippen LogP contribution in [-0.4, -0.2) is 24.1 Å². The van der Waals surface area contributed by atoms with E-state index in [2.05, 4.69) is 0 Å². The van der Waals surface area contributed by atoms with Crippen molar-refractivity contribution in [2.75, 3.05) is 0 Å². The van der Waals surface area contributed by atoms with Crippen LogP contribution in [0.15, 0.2) is 24.3 Å². The number of rotatable bonds is 6. The van der Waals surface area contributed by atoms with E-state index in [1.807, 2.05) is 26.0 Å². The zero-order chi connectivity index (χ0) is 14.8. The molecular weight excluding hydrogens is 256 g/mol. The Labute approximate surface area is 120 Å². The highest BCUT2D eigenvalue weighted by Gasteiger charge is 2.30. The number of hydrogen-bond donors (Lipinski definition) is 0. The quantitative estimate of drug-likeness (QED) is 0.553. The fraction of sp³-hybridized carbons (Fsp3) is 0.625. The van der Waals surface area contributed by atoms with Crippen LogP contribution in [0.3, 0.4) is 0 Å². The number of carbonyl (C=O) groups is 2. The molecule has 112 valence electrons. The van der Waals surface area contributed by atoms with Gasteiger partial charge < -0.3 is 9.47 Å². The molecule has 4 nitrogen and oxygen atoms in total. The van der Waals surface area contributed by atoms with Gasteiger partial charge in [-0.05, 0) is 39.5 Å². The summed E-state index contributed by atoms with van der Waals surface area (Å²) in [4.78, 5) is 23.3. The topological polar surface area (TPSA) is 52.6 Å². The predicted octanol–water partition coefficient (Wildman–Crippen LogP) is 3.32. The Hall–Kier alpha value is -1.58. The van der Waals surface area contributed by atoms with Gasteiger partial charge in [0.2, 0.25) is 0 Å².